The van der Waals surface area contributed by atoms with E-state index in [1.165, 1.54) is 11.1 Å². The van der Waals surface area contributed by atoms with Crippen molar-refractivity contribution >= 4 is 22.5 Å². The summed E-state index contributed by atoms with van der Waals surface area (Å²) in [5.41, 5.74) is 5.58. The molecule has 0 spiro atoms. The van der Waals surface area contributed by atoms with Crippen LogP contribution in [0.5, 0.6) is 0 Å². The highest BCUT2D eigenvalue weighted by Gasteiger charge is 2.12. The van der Waals surface area contributed by atoms with E-state index in [1.807, 2.05) is 30.5 Å². The SMILES string of the molecule is Clc1ccc2c(-c3ccccc3)c(-c3ccccc3)cnc2c1. The zero-order valence-electron chi connectivity index (χ0n) is 12.4. The van der Waals surface area contributed by atoms with Gasteiger partial charge in [-0.3, -0.25) is 4.98 Å². The van der Waals surface area contributed by atoms with E-state index in [1.54, 1.807) is 0 Å². The van der Waals surface area contributed by atoms with Crippen molar-refractivity contribution in [3.63, 3.8) is 0 Å². The van der Waals surface area contributed by atoms with Crippen LogP contribution in [0.2, 0.25) is 5.02 Å². The molecule has 0 N–H and O–H groups in total. The monoisotopic (exact) mass is 315 g/mol. The van der Waals surface area contributed by atoms with E-state index in [0.29, 0.717) is 5.02 Å². The third-order valence-electron chi connectivity index (χ3n) is 3.98. The van der Waals surface area contributed by atoms with Crippen LogP contribution in [0.25, 0.3) is 33.2 Å². The zero-order valence-corrected chi connectivity index (χ0v) is 13.2. The number of pyridine rings is 1. The zero-order chi connectivity index (χ0) is 15.6. The highest BCUT2D eigenvalue weighted by molar-refractivity contribution is 6.31. The third-order valence-corrected chi connectivity index (χ3v) is 4.21. The Morgan fingerprint density at radius 1 is 0.696 bits per heavy atom. The van der Waals surface area contributed by atoms with Crippen LogP contribution in [0.1, 0.15) is 0 Å². The van der Waals surface area contributed by atoms with Gasteiger partial charge in [-0.25, -0.2) is 0 Å². The van der Waals surface area contributed by atoms with E-state index in [0.717, 1.165) is 22.0 Å². The van der Waals surface area contributed by atoms with Crippen LogP contribution in [0, 0.1) is 0 Å². The molecule has 4 aromatic rings. The highest BCUT2D eigenvalue weighted by Crippen LogP contribution is 2.37. The summed E-state index contributed by atoms with van der Waals surface area (Å²) in [5.74, 6) is 0. The molecule has 2 heteroatoms. The summed E-state index contributed by atoms with van der Waals surface area (Å²) in [6.07, 6.45) is 1.94. The topological polar surface area (TPSA) is 12.9 Å². The molecule has 1 nitrogen and oxygen atoms in total. The number of fused-ring (bicyclic) bond motifs is 1. The van der Waals surface area contributed by atoms with Crippen LogP contribution < -0.4 is 0 Å². The van der Waals surface area contributed by atoms with Crippen LogP contribution in [-0.4, -0.2) is 4.98 Å². The van der Waals surface area contributed by atoms with E-state index in [4.69, 9.17) is 11.6 Å². The number of hydrogen-bond acceptors (Lipinski definition) is 1. The lowest BCUT2D eigenvalue weighted by Gasteiger charge is -2.13. The Labute approximate surface area is 140 Å². The molecule has 0 fully saturated rings. The van der Waals surface area contributed by atoms with Gasteiger partial charge in [0.25, 0.3) is 0 Å². The number of hydrogen-bond donors (Lipinski definition) is 0. The molecule has 110 valence electrons. The van der Waals surface area contributed by atoms with E-state index < -0.39 is 0 Å². The van der Waals surface area contributed by atoms with Crippen molar-refractivity contribution in [3.8, 4) is 22.3 Å². The van der Waals surface area contributed by atoms with Crippen LogP contribution in [0.3, 0.4) is 0 Å². The molecule has 1 aromatic heterocycles. The number of halogens is 1. The number of benzene rings is 3. The lowest BCUT2D eigenvalue weighted by atomic mass is 9.93. The molecule has 0 saturated heterocycles. The van der Waals surface area contributed by atoms with Crippen LogP contribution in [0.15, 0.2) is 85.1 Å². The summed E-state index contributed by atoms with van der Waals surface area (Å²) in [5, 5.41) is 1.82. The molecule has 0 aliphatic carbocycles. The van der Waals surface area contributed by atoms with Crippen molar-refractivity contribution in [2.75, 3.05) is 0 Å². The Bertz CT molecular complexity index is 963. The number of nitrogens with zero attached hydrogens (tertiary/aromatic N) is 1. The van der Waals surface area contributed by atoms with Crippen LogP contribution >= 0.6 is 11.6 Å². The van der Waals surface area contributed by atoms with Gasteiger partial charge in [-0.15, -0.1) is 0 Å². The first-order valence-electron chi connectivity index (χ1n) is 7.52. The molecule has 0 atom stereocenters. The van der Waals surface area contributed by atoms with Gasteiger partial charge in [0.1, 0.15) is 0 Å². The Kier molecular flexibility index (Phi) is 3.57. The molecule has 0 amide bonds. The van der Waals surface area contributed by atoms with Crippen LogP contribution in [-0.2, 0) is 0 Å². The van der Waals surface area contributed by atoms with E-state index in [-0.39, 0.29) is 0 Å². The standard InChI is InChI=1S/C21H14ClN/c22-17-11-12-18-20(13-17)23-14-19(15-7-3-1-4-8-15)21(18)16-9-5-2-6-10-16/h1-14H. The molecular weight excluding hydrogens is 302 g/mol. The maximum Gasteiger partial charge on any atom is 0.0723 e. The Balaban J connectivity index is 2.09. The van der Waals surface area contributed by atoms with Crippen LogP contribution in [0.4, 0.5) is 0 Å². The predicted octanol–water partition coefficient (Wildman–Crippen LogP) is 6.22. The van der Waals surface area contributed by atoms with Gasteiger partial charge >= 0.3 is 0 Å². The Morgan fingerprint density at radius 2 is 1.35 bits per heavy atom. The maximum absolute atomic E-state index is 6.13. The van der Waals surface area contributed by atoms with Crippen molar-refractivity contribution in [2.45, 2.75) is 0 Å². The minimum absolute atomic E-state index is 0.705. The maximum atomic E-state index is 6.13. The summed E-state index contributed by atoms with van der Waals surface area (Å²) >= 11 is 6.13. The summed E-state index contributed by atoms with van der Waals surface area (Å²) in [7, 11) is 0. The smallest absolute Gasteiger partial charge is 0.0723 e. The Hall–Kier alpha value is -2.64. The van der Waals surface area contributed by atoms with E-state index in [9.17, 15) is 0 Å². The quantitative estimate of drug-likeness (QED) is 0.428. The van der Waals surface area contributed by atoms with Gasteiger partial charge in [0.15, 0.2) is 0 Å². The first-order chi connectivity index (χ1) is 11.3. The molecule has 0 bridgehead atoms. The molecule has 23 heavy (non-hydrogen) atoms. The fourth-order valence-electron chi connectivity index (χ4n) is 2.92. The van der Waals surface area contributed by atoms with E-state index >= 15 is 0 Å². The summed E-state index contributed by atoms with van der Waals surface area (Å²) in [6, 6.07) is 26.7. The minimum Gasteiger partial charge on any atom is -0.256 e. The second-order valence-electron chi connectivity index (χ2n) is 5.44. The largest absolute Gasteiger partial charge is 0.256 e. The average Bonchev–Trinajstić information content (AvgIpc) is 2.62. The van der Waals surface area contributed by atoms with Gasteiger partial charge < -0.3 is 0 Å². The van der Waals surface area contributed by atoms with Crippen molar-refractivity contribution in [3.05, 3.63) is 90.1 Å². The molecule has 1 heterocycles. The van der Waals surface area contributed by atoms with Crippen molar-refractivity contribution in [2.24, 2.45) is 0 Å². The summed E-state index contributed by atoms with van der Waals surface area (Å²) in [4.78, 5) is 4.62. The van der Waals surface area contributed by atoms with Crippen molar-refractivity contribution in [1.82, 2.24) is 4.98 Å². The molecule has 0 unspecified atom stereocenters. The van der Waals surface area contributed by atoms with Crippen molar-refractivity contribution < 1.29 is 0 Å². The summed E-state index contributed by atoms with van der Waals surface area (Å²) in [6.45, 7) is 0. The first kappa shape index (κ1) is 14.0. The molecule has 0 aliphatic rings. The molecule has 4 rings (SSSR count). The number of rotatable bonds is 2. The normalized spacial score (nSPS) is 10.8. The Morgan fingerprint density at radius 3 is 2.04 bits per heavy atom. The number of aromatic nitrogens is 1. The lowest BCUT2D eigenvalue weighted by Crippen LogP contribution is -1.90. The minimum atomic E-state index is 0.705. The van der Waals surface area contributed by atoms with Gasteiger partial charge in [0.2, 0.25) is 0 Å². The van der Waals surface area contributed by atoms with Gasteiger partial charge in [-0.05, 0) is 23.3 Å². The van der Waals surface area contributed by atoms with Gasteiger partial charge in [0.05, 0.1) is 5.52 Å². The molecule has 0 aliphatic heterocycles. The molecule has 0 saturated carbocycles. The third kappa shape index (κ3) is 2.60. The average molecular weight is 316 g/mol. The second kappa shape index (κ2) is 5.86. The lowest BCUT2D eigenvalue weighted by molar-refractivity contribution is 1.40. The second-order valence-corrected chi connectivity index (χ2v) is 5.88. The molecule has 0 radical (unpaired) electrons. The summed E-state index contributed by atoms with van der Waals surface area (Å²) < 4.78 is 0. The van der Waals surface area contributed by atoms with Crippen molar-refractivity contribution in [1.29, 1.82) is 0 Å². The highest BCUT2D eigenvalue weighted by atomic mass is 35.5. The molecule has 3 aromatic carbocycles. The predicted molar refractivity (Wildman–Crippen MR) is 97.6 cm³/mol. The van der Waals surface area contributed by atoms with Gasteiger partial charge in [-0.2, -0.15) is 0 Å². The fraction of sp³-hybridized carbons (Fsp3) is 0. The first-order valence-corrected chi connectivity index (χ1v) is 7.90. The van der Waals surface area contributed by atoms with Gasteiger partial charge in [-0.1, -0.05) is 78.3 Å². The van der Waals surface area contributed by atoms with E-state index in [2.05, 4.69) is 59.6 Å². The fourth-order valence-corrected chi connectivity index (χ4v) is 3.09. The molecular formula is C21H14ClN. The van der Waals surface area contributed by atoms with Gasteiger partial charge in [0, 0.05) is 27.7 Å².